The van der Waals surface area contributed by atoms with Crippen LogP contribution in [0.4, 0.5) is 0 Å². The van der Waals surface area contributed by atoms with Crippen LogP contribution in [0.25, 0.3) is 0 Å². The zero-order chi connectivity index (χ0) is 17.3. The molecule has 1 atom stereocenters. The fraction of sp³-hybridized carbons (Fsp3) is 0.238. The van der Waals surface area contributed by atoms with E-state index in [0.29, 0.717) is 5.56 Å². The van der Waals surface area contributed by atoms with Crippen molar-refractivity contribution >= 4 is 0 Å². The normalized spacial score (nSPS) is 11.8. The number of nitriles is 1. The smallest absolute Gasteiger partial charge is 0.0991 e. The van der Waals surface area contributed by atoms with E-state index in [0.717, 1.165) is 31.5 Å². The molecular weight excluding hydrogens is 308 g/mol. The molecule has 1 unspecified atom stereocenters. The molecule has 3 aromatic rings. The Morgan fingerprint density at radius 2 is 1.84 bits per heavy atom. The first kappa shape index (κ1) is 16.9. The van der Waals surface area contributed by atoms with Crippen LogP contribution in [-0.2, 0) is 12.8 Å². The van der Waals surface area contributed by atoms with Gasteiger partial charge in [-0.05, 0) is 49.1 Å². The molecule has 1 aromatic heterocycles. The van der Waals surface area contributed by atoms with Crippen molar-refractivity contribution in [3.05, 3.63) is 89.5 Å². The van der Waals surface area contributed by atoms with E-state index in [1.807, 2.05) is 36.5 Å². The first-order chi connectivity index (χ1) is 12.3. The predicted octanol–water partition coefficient (Wildman–Crippen LogP) is 3.79. The minimum Gasteiger partial charge on any atom is -0.347 e. The van der Waals surface area contributed by atoms with Gasteiger partial charge >= 0.3 is 0 Å². The summed E-state index contributed by atoms with van der Waals surface area (Å²) < 4.78 is 0. The minimum absolute atomic E-state index is 0.186. The third-order valence-electron chi connectivity index (χ3n) is 4.29. The van der Waals surface area contributed by atoms with E-state index >= 15 is 0 Å². The Bertz CT molecular complexity index is 786. The number of aromatic nitrogens is 2. The summed E-state index contributed by atoms with van der Waals surface area (Å²) in [5, 5.41) is 12.6. The van der Waals surface area contributed by atoms with Gasteiger partial charge in [-0.3, -0.25) is 0 Å². The number of aromatic amines is 1. The predicted molar refractivity (Wildman–Crippen MR) is 99.0 cm³/mol. The molecule has 0 aliphatic carbocycles. The van der Waals surface area contributed by atoms with Gasteiger partial charge < -0.3 is 10.3 Å². The van der Waals surface area contributed by atoms with E-state index in [1.165, 1.54) is 11.1 Å². The number of nitrogens with one attached hydrogen (secondary N) is 2. The zero-order valence-corrected chi connectivity index (χ0v) is 14.2. The van der Waals surface area contributed by atoms with Crippen LogP contribution in [0.3, 0.4) is 0 Å². The highest BCUT2D eigenvalue weighted by atomic mass is 15.0. The van der Waals surface area contributed by atoms with Crippen molar-refractivity contribution in [3.63, 3.8) is 0 Å². The van der Waals surface area contributed by atoms with Crippen molar-refractivity contribution in [1.82, 2.24) is 15.3 Å². The molecule has 0 fully saturated rings. The summed E-state index contributed by atoms with van der Waals surface area (Å²) >= 11 is 0. The quantitative estimate of drug-likeness (QED) is 0.618. The van der Waals surface area contributed by atoms with Crippen LogP contribution in [0.15, 0.2) is 67.1 Å². The van der Waals surface area contributed by atoms with Crippen LogP contribution in [0.1, 0.15) is 34.8 Å². The van der Waals surface area contributed by atoms with Crippen LogP contribution in [-0.4, -0.2) is 16.5 Å². The summed E-state index contributed by atoms with van der Waals surface area (Å²) in [5.41, 5.74) is 4.35. The number of hydrogen-bond acceptors (Lipinski definition) is 3. The maximum atomic E-state index is 8.92. The molecule has 0 amide bonds. The highest BCUT2D eigenvalue weighted by molar-refractivity contribution is 5.32. The third kappa shape index (κ3) is 5.03. The van der Waals surface area contributed by atoms with Gasteiger partial charge in [-0.1, -0.05) is 42.5 Å². The number of benzene rings is 2. The lowest BCUT2D eigenvalue weighted by atomic mass is 10.0. The van der Waals surface area contributed by atoms with Crippen molar-refractivity contribution < 1.29 is 0 Å². The van der Waals surface area contributed by atoms with E-state index in [2.05, 4.69) is 45.6 Å². The van der Waals surface area contributed by atoms with Crippen molar-refractivity contribution in [2.45, 2.75) is 25.3 Å². The highest BCUT2D eigenvalue weighted by Crippen LogP contribution is 2.17. The molecule has 0 bridgehead atoms. The molecule has 2 N–H and O–H groups in total. The Balaban J connectivity index is 1.57. The lowest BCUT2D eigenvalue weighted by Crippen LogP contribution is -2.25. The third-order valence-corrected chi connectivity index (χ3v) is 4.29. The Kier molecular flexibility index (Phi) is 5.97. The average Bonchev–Trinajstić information content (AvgIpc) is 3.20. The SMILES string of the molecule is N#Cc1ccc(CC(NCCCc2ccccc2)c2cnc[nH]2)cc1. The van der Waals surface area contributed by atoms with Crippen molar-refractivity contribution in [2.75, 3.05) is 6.54 Å². The van der Waals surface area contributed by atoms with Crippen molar-refractivity contribution in [3.8, 4) is 6.07 Å². The number of rotatable bonds is 8. The van der Waals surface area contributed by atoms with Gasteiger partial charge in [0.1, 0.15) is 0 Å². The van der Waals surface area contributed by atoms with Gasteiger partial charge in [0.2, 0.25) is 0 Å². The second-order valence-corrected chi connectivity index (χ2v) is 6.12. The lowest BCUT2D eigenvalue weighted by molar-refractivity contribution is 0.511. The molecule has 25 heavy (non-hydrogen) atoms. The van der Waals surface area contributed by atoms with Crippen LogP contribution in [0.5, 0.6) is 0 Å². The van der Waals surface area contributed by atoms with Gasteiger partial charge in [0.05, 0.1) is 29.7 Å². The molecule has 0 aliphatic heterocycles. The largest absolute Gasteiger partial charge is 0.347 e. The van der Waals surface area contributed by atoms with Crippen LogP contribution >= 0.6 is 0 Å². The van der Waals surface area contributed by atoms with Gasteiger partial charge in [-0.2, -0.15) is 5.26 Å². The molecular formula is C21H22N4. The molecule has 3 rings (SSSR count). The molecule has 0 saturated carbocycles. The number of aryl methyl sites for hydroxylation is 1. The second-order valence-electron chi connectivity index (χ2n) is 6.12. The summed E-state index contributed by atoms with van der Waals surface area (Å²) in [4.78, 5) is 7.36. The van der Waals surface area contributed by atoms with Gasteiger partial charge in [0.15, 0.2) is 0 Å². The Labute approximate surface area is 148 Å². The Morgan fingerprint density at radius 3 is 2.52 bits per heavy atom. The maximum Gasteiger partial charge on any atom is 0.0991 e. The fourth-order valence-corrected chi connectivity index (χ4v) is 2.91. The summed E-state index contributed by atoms with van der Waals surface area (Å²) in [6.45, 7) is 0.939. The molecule has 2 aromatic carbocycles. The monoisotopic (exact) mass is 330 g/mol. The first-order valence-corrected chi connectivity index (χ1v) is 8.60. The first-order valence-electron chi connectivity index (χ1n) is 8.60. The van der Waals surface area contributed by atoms with E-state index < -0.39 is 0 Å². The summed E-state index contributed by atoms with van der Waals surface area (Å²) in [5.74, 6) is 0. The van der Waals surface area contributed by atoms with Crippen LogP contribution < -0.4 is 5.32 Å². The molecule has 0 aliphatic rings. The number of H-pyrrole nitrogens is 1. The molecule has 126 valence electrons. The van der Waals surface area contributed by atoms with E-state index in [1.54, 1.807) is 6.33 Å². The molecule has 0 radical (unpaired) electrons. The van der Waals surface area contributed by atoms with Gasteiger partial charge in [0, 0.05) is 6.20 Å². The Morgan fingerprint density at radius 1 is 1.04 bits per heavy atom. The summed E-state index contributed by atoms with van der Waals surface area (Å²) in [6.07, 6.45) is 6.60. The highest BCUT2D eigenvalue weighted by Gasteiger charge is 2.13. The summed E-state index contributed by atoms with van der Waals surface area (Å²) in [7, 11) is 0. The molecule has 0 spiro atoms. The number of hydrogen-bond donors (Lipinski definition) is 2. The van der Waals surface area contributed by atoms with Gasteiger partial charge in [-0.15, -0.1) is 0 Å². The molecule has 1 heterocycles. The standard InChI is InChI=1S/C21H22N4/c22-14-19-10-8-18(9-11-19)13-20(21-15-23-16-25-21)24-12-4-7-17-5-2-1-3-6-17/h1-3,5-6,8-11,15-16,20,24H,4,7,12-13H2,(H,23,25). The van der Waals surface area contributed by atoms with E-state index in [9.17, 15) is 0 Å². The van der Waals surface area contributed by atoms with Gasteiger partial charge in [0.25, 0.3) is 0 Å². The van der Waals surface area contributed by atoms with Gasteiger partial charge in [-0.25, -0.2) is 4.98 Å². The number of nitrogens with zero attached hydrogens (tertiary/aromatic N) is 2. The fourth-order valence-electron chi connectivity index (χ4n) is 2.91. The molecule has 4 nitrogen and oxygen atoms in total. The van der Waals surface area contributed by atoms with Crippen LogP contribution in [0.2, 0.25) is 0 Å². The van der Waals surface area contributed by atoms with Crippen LogP contribution in [0, 0.1) is 11.3 Å². The topological polar surface area (TPSA) is 64.5 Å². The zero-order valence-electron chi connectivity index (χ0n) is 14.2. The molecule has 0 saturated heterocycles. The lowest BCUT2D eigenvalue weighted by Gasteiger charge is -2.17. The summed E-state index contributed by atoms with van der Waals surface area (Å²) in [6, 6.07) is 20.7. The minimum atomic E-state index is 0.186. The van der Waals surface area contributed by atoms with Crippen molar-refractivity contribution in [1.29, 1.82) is 5.26 Å². The maximum absolute atomic E-state index is 8.92. The number of imidazole rings is 1. The van der Waals surface area contributed by atoms with Crippen molar-refractivity contribution in [2.24, 2.45) is 0 Å². The van der Waals surface area contributed by atoms with E-state index in [4.69, 9.17) is 5.26 Å². The average molecular weight is 330 g/mol. The second kappa shape index (κ2) is 8.81. The molecule has 4 heteroatoms. The Hall–Kier alpha value is -2.90. The van der Waals surface area contributed by atoms with E-state index in [-0.39, 0.29) is 6.04 Å².